The molecule has 0 radical (unpaired) electrons. The van der Waals surface area contributed by atoms with Gasteiger partial charge in [0.05, 0.1) is 0 Å². The molecule has 0 spiro atoms. The number of halogens is 1. The van der Waals surface area contributed by atoms with Crippen LogP contribution < -0.4 is 11.1 Å². The molecule has 0 unspecified atom stereocenters. The zero-order chi connectivity index (χ0) is 7.40. The quantitative estimate of drug-likeness (QED) is 0.608. The van der Waals surface area contributed by atoms with Crippen LogP contribution in [-0.2, 0) is 4.74 Å². The number of amides is 1. The summed E-state index contributed by atoms with van der Waals surface area (Å²) in [6.45, 7) is 1.75. The lowest BCUT2D eigenvalue weighted by molar-refractivity contribution is 0.0904. The van der Waals surface area contributed by atoms with Crippen molar-refractivity contribution in [1.82, 2.24) is 5.32 Å². The second-order valence-corrected chi connectivity index (χ2v) is 2.41. The van der Waals surface area contributed by atoms with Crippen LogP contribution in [0.5, 0.6) is 0 Å². The number of primary amides is 1. The Morgan fingerprint density at radius 3 is 2.82 bits per heavy atom. The van der Waals surface area contributed by atoms with Gasteiger partial charge in [-0.2, -0.15) is 0 Å². The van der Waals surface area contributed by atoms with Crippen molar-refractivity contribution in [2.75, 3.05) is 13.1 Å². The first-order chi connectivity index (χ1) is 4.79. The summed E-state index contributed by atoms with van der Waals surface area (Å²) in [6, 6.07) is 0. The number of carbonyl (C=O) groups is 1. The number of ether oxygens (including phenoxy) is 1. The summed E-state index contributed by atoms with van der Waals surface area (Å²) in [5, 5.41) is 3.11. The van der Waals surface area contributed by atoms with Crippen LogP contribution in [-0.4, -0.2) is 25.3 Å². The van der Waals surface area contributed by atoms with E-state index in [4.69, 9.17) is 10.5 Å². The molecule has 1 saturated heterocycles. The number of rotatable bonds is 1. The average Bonchev–Trinajstić information content (AvgIpc) is 1.88. The molecule has 1 atom stereocenters. The van der Waals surface area contributed by atoms with Crippen LogP contribution in [0.1, 0.15) is 12.8 Å². The molecule has 0 aliphatic carbocycles. The van der Waals surface area contributed by atoms with E-state index in [0.717, 1.165) is 25.9 Å². The van der Waals surface area contributed by atoms with Gasteiger partial charge in [0.15, 0.2) is 0 Å². The highest BCUT2D eigenvalue weighted by Crippen LogP contribution is 2.04. The summed E-state index contributed by atoms with van der Waals surface area (Å²) in [5.74, 6) is 0. The first-order valence-electron chi connectivity index (χ1n) is 3.46. The summed E-state index contributed by atoms with van der Waals surface area (Å²) in [6.07, 6.45) is 1.30. The molecule has 1 aliphatic rings. The summed E-state index contributed by atoms with van der Waals surface area (Å²) < 4.78 is 4.77. The normalized spacial score (nSPS) is 23.5. The molecule has 0 aromatic carbocycles. The number of piperidine rings is 1. The topological polar surface area (TPSA) is 64.4 Å². The Hall–Kier alpha value is -0.480. The molecule has 5 heteroatoms. The van der Waals surface area contributed by atoms with Crippen LogP contribution in [0, 0.1) is 0 Å². The minimum Gasteiger partial charge on any atom is -0.445 e. The molecule has 11 heavy (non-hydrogen) atoms. The van der Waals surface area contributed by atoms with Crippen molar-refractivity contribution in [2.45, 2.75) is 18.9 Å². The highest BCUT2D eigenvalue weighted by Gasteiger charge is 2.14. The Balaban J connectivity index is 0.000001000. The van der Waals surface area contributed by atoms with Gasteiger partial charge in [0.2, 0.25) is 0 Å². The molecule has 1 aliphatic heterocycles. The molecule has 1 fully saturated rings. The van der Waals surface area contributed by atoms with Gasteiger partial charge in [-0.05, 0) is 19.4 Å². The monoisotopic (exact) mass is 180 g/mol. The fourth-order valence-electron chi connectivity index (χ4n) is 1.08. The first kappa shape index (κ1) is 10.5. The van der Waals surface area contributed by atoms with Gasteiger partial charge >= 0.3 is 6.09 Å². The zero-order valence-corrected chi connectivity index (χ0v) is 7.02. The van der Waals surface area contributed by atoms with Gasteiger partial charge in [-0.1, -0.05) is 0 Å². The second kappa shape index (κ2) is 5.21. The van der Waals surface area contributed by atoms with Crippen molar-refractivity contribution in [1.29, 1.82) is 0 Å². The molecule has 0 saturated carbocycles. The molecule has 1 rings (SSSR count). The summed E-state index contributed by atoms with van der Waals surface area (Å²) in [7, 11) is 0. The van der Waals surface area contributed by atoms with Crippen LogP contribution in [0.15, 0.2) is 0 Å². The van der Waals surface area contributed by atoms with Crippen molar-refractivity contribution in [3.63, 3.8) is 0 Å². The third kappa shape index (κ3) is 4.06. The van der Waals surface area contributed by atoms with Crippen LogP contribution in [0.3, 0.4) is 0 Å². The van der Waals surface area contributed by atoms with Crippen LogP contribution in [0.4, 0.5) is 4.79 Å². The van der Waals surface area contributed by atoms with E-state index in [0.29, 0.717) is 0 Å². The zero-order valence-electron chi connectivity index (χ0n) is 6.21. The summed E-state index contributed by atoms with van der Waals surface area (Å²) in [5.41, 5.74) is 4.83. The Morgan fingerprint density at radius 1 is 1.64 bits per heavy atom. The highest BCUT2D eigenvalue weighted by molar-refractivity contribution is 5.85. The lowest BCUT2D eigenvalue weighted by atomic mass is 10.1. The fourth-order valence-corrected chi connectivity index (χ4v) is 1.08. The van der Waals surface area contributed by atoms with Gasteiger partial charge in [-0.25, -0.2) is 4.79 Å². The van der Waals surface area contributed by atoms with Crippen molar-refractivity contribution < 1.29 is 9.53 Å². The third-order valence-electron chi connectivity index (χ3n) is 1.53. The molecule has 4 nitrogen and oxygen atoms in total. The number of hydrogen-bond donors (Lipinski definition) is 2. The standard InChI is InChI=1S/C6H12N2O2.ClH/c7-6(9)10-5-2-1-3-8-4-5;/h5,8H,1-4H2,(H2,7,9);1H/t5-;/m1./s1. The number of nitrogens with two attached hydrogens (primary N) is 1. The van der Waals surface area contributed by atoms with E-state index < -0.39 is 6.09 Å². The Bertz CT molecular complexity index is 126. The summed E-state index contributed by atoms with van der Waals surface area (Å²) in [4.78, 5) is 10.2. The molecule has 3 N–H and O–H groups in total. The van der Waals surface area contributed by atoms with E-state index in [1.165, 1.54) is 0 Å². The first-order valence-corrected chi connectivity index (χ1v) is 3.46. The largest absolute Gasteiger partial charge is 0.445 e. The summed E-state index contributed by atoms with van der Waals surface area (Å²) >= 11 is 0. The third-order valence-corrected chi connectivity index (χ3v) is 1.53. The van der Waals surface area contributed by atoms with Crippen LogP contribution in [0.25, 0.3) is 0 Å². The lowest BCUT2D eigenvalue weighted by Crippen LogP contribution is -2.37. The maximum absolute atomic E-state index is 10.2. The maximum Gasteiger partial charge on any atom is 0.404 e. The highest BCUT2D eigenvalue weighted by atomic mass is 35.5. The van der Waals surface area contributed by atoms with Crippen LogP contribution in [0.2, 0.25) is 0 Å². The van der Waals surface area contributed by atoms with E-state index in [-0.39, 0.29) is 18.5 Å². The SMILES string of the molecule is Cl.NC(=O)O[C@@H]1CCCNC1. The Morgan fingerprint density at radius 2 is 2.36 bits per heavy atom. The smallest absolute Gasteiger partial charge is 0.404 e. The van der Waals surface area contributed by atoms with Gasteiger partial charge in [0.1, 0.15) is 6.10 Å². The molecule has 66 valence electrons. The molecular weight excluding hydrogens is 168 g/mol. The van der Waals surface area contributed by atoms with E-state index in [2.05, 4.69) is 5.32 Å². The average molecular weight is 181 g/mol. The predicted molar refractivity (Wildman–Crippen MR) is 43.8 cm³/mol. The Labute approximate surface area is 71.9 Å². The maximum atomic E-state index is 10.2. The van der Waals surface area contributed by atoms with E-state index in [1.54, 1.807) is 0 Å². The van der Waals surface area contributed by atoms with Gasteiger partial charge < -0.3 is 15.8 Å². The predicted octanol–water partition coefficient (Wildman–Crippen LogP) is 0.255. The van der Waals surface area contributed by atoms with E-state index in [9.17, 15) is 4.79 Å². The minimum absolute atomic E-state index is 0. The van der Waals surface area contributed by atoms with Gasteiger partial charge in [-0.15, -0.1) is 12.4 Å². The minimum atomic E-state index is -0.672. The van der Waals surface area contributed by atoms with Crippen LogP contribution >= 0.6 is 12.4 Å². The van der Waals surface area contributed by atoms with E-state index >= 15 is 0 Å². The van der Waals surface area contributed by atoms with Gasteiger partial charge in [-0.3, -0.25) is 0 Å². The number of carbonyl (C=O) groups excluding carboxylic acids is 1. The second-order valence-electron chi connectivity index (χ2n) is 2.41. The van der Waals surface area contributed by atoms with Gasteiger partial charge in [0.25, 0.3) is 0 Å². The molecule has 1 heterocycles. The van der Waals surface area contributed by atoms with Crippen molar-refractivity contribution >= 4 is 18.5 Å². The van der Waals surface area contributed by atoms with Gasteiger partial charge in [0, 0.05) is 6.54 Å². The molecule has 1 amide bonds. The van der Waals surface area contributed by atoms with Crippen molar-refractivity contribution in [3.05, 3.63) is 0 Å². The Kier molecular flexibility index (Phi) is 4.98. The van der Waals surface area contributed by atoms with Crippen molar-refractivity contribution in [3.8, 4) is 0 Å². The molecule has 0 aromatic rings. The molecule has 0 bridgehead atoms. The van der Waals surface area contributed by atoms with E-state index in [1.807, 2.05) is 0 Å². The fraction of sp³-hybridized carbons (Fsp3) is 0.833. The number of nitrogens with one attached hydrogen (secondary N) is 1. The lowest BCUT2D eigenvalue weighted by Gasteiger charge is -2.21. The molecular formula is C6H13ClN2O2. The molecule has 0 aromatic heterocycles. The number of hydrogen-bond acceptors (Lipinski definition) is 3. The van der Waals surface area contributed by atoms with Crippen molar-refractivity contribution in [2.24, 2.45) is 5.73 Å².